The fourth-order valence-electron chi connectivity index (χ4n) is 4.74. The number of halogens is 1. The van der Waals surface area contributed by atoms with Gasteiger partial charge in [0.25, 0.3) is 0 Å². The Morgan fingerprint density at radius 1 is 0.545 bits per heavy atom. The van der Waals surface area contributed by atoms with Crippen LogP contribution >= 0.6 is 11.6 Å². The van der Waals surface area contributed by atoms with Gasteiger partial charge in [0.1, 0.15) is 0 Å². The molecule has 0 spiro atoms. The summed E-state index contributed by atoms with van der Waals surface area (Å²) in [4.78, 5) is 54.1. The summed E-state index contributed by atoms with van der Waals surface area (Å²) in [5.41, 5.74) is 1.32. The molecule has 0 atom stereocenters. The van der Waals surface area contributed by atoms with Crippen LogP contribution < -0.4 is 0 Å². The first-order valence-electron chi connectivity index (χ1n) is 10.3. The van der Waals surface area contributed by atoms with Gasteiger partial charge < -0.3 is 4.74 Å². The standard InChI is InChI=1S/C27H13ClO5/c28-18-12-6-5-11-17(18)19-20-22(29)13-7-1-3-9-15(13)24(31)26(20)33-27-21(19)23(30)14-8-2-4-10-16(14)25(27)32/h1-12,19H. The minimum absolute atomic E-state index is 0.0195. The van der Waals surface area contributed by atoms with Crippen molar-refractivity contribution >= 4 is 34.7 Å². The van der Waals surface area contributed by atoms with E-state index in [0.717, 1.165) is 0 Å². The van der Waals surface area contributed by atoms with Crippen molar-refractivity contribution in [3.8, 4) is 0 Å². The molecule has 0 aromatic heterocycles. The van der Waals surface area contributed by atoms with E-state index in [4.69, 9.17) is 16.3 Å². The van der Waals surface area contributed by atoms with Crippen LogP contribution in [0.2, 0.25) is 5.02 Å². The molecule has 5 nitrogen and oxygen atoms in total. The maximum atomic E-state index is 13.6. The first-order valence-corrected chi connectivity index (χ1v) is 10.6. The second kappa shape index (κ2) is 6.95. The summed E-state index contributed by atoms with van der Waals surface area (Å²) < 4.78 is 5.84. The molecule has 0 fully saturated rings. The second-order valence-electron chi connectivity index (χ2n) is 7.95. The van der Waals surface area contributed by atoms with Crippen molar-refractivity contribution in [3.05, 3.63) is 128 Å². The van der Waals surface area contributed by atoms with Crippen LogP contribution in [0.1, 0.15) is 52.9 Å². The molecular weight excluding hydrogens is 440 g/mol. The smallest absolute Gasteiger partial charge is 0.229 e. The number of hydrogen-bond donors (Lipinski definition) is 0. The van der Waals surface area contributed by atoms with Crippen LogP contribution in [0.15, 0.2) is 95.5 Å². The van der Waals surface area contributed by atoms with E-state index < -0.39 is 29.1 Å². The Morgan fingerprint density at radius 2 is 0.939 bits per heavy atom. The van der Waals surface area contributed by atoms with Crippen molar-refractivity contribution in [2.45, 2.75) is 5.92 Å². The summed E-state index contributed by atoms with van der Waals surface area (Å²) in [5, 5.41) is 0.307. The van der Waals surface area contributed by atoms with Crippen molar-refractivity contribution in [3.63, 3.8) is 0 Å². The molecule has 0 radical (unpaired) electrons. The van der Waals surface area contributed by atoms with Crippen LogP contribution in [-0.4, -0.2) is 23.1 Å². The quantitative estimate of drug-likeness (QED) is 0.512. The van der Waals surface area contributed by atoms with E-state index in [1.165, 1.54) is 0 Å². The maximum Gasteiger partial charge on any atom is 0.229 e. The molecule has 3 aromatic carbocycles. The lowest BCUT2D eigenvalue weighted by Crippen LogP contribution is -2.37. The highest BCUT2D eigenvalue weighted by atomic mass is 35.5. The predicted molar refractivity (Wildman–Crippen MR) is 120 cm³/mol. The monoisotopic (exact) mass is 452 g/mol. The maximum absolute atomic E-state index is 13.6. The van der Waals surface area contributed by atoms with Gasteiger partial charge in [0.05, 0.1) is 17.1 Å². The number of ketones is 4. The second-order valence-corrected chi connectivity index (χ2v) is 8.36. The Hall–Kier alpha value is -4.09. The minimum Gasteiger partial charge on any atom is -0.448 e. The summed E-state index contributed by atoms with van der Waals surface area (Å²) in [5.74, 6) is -3.38. The molecule has 3 aromatic rings. The average Bonchev–Trinajstić information content (AvgIpc) is 2.85. The van der Waals surface area contributed by atoms with Crippen LogP contribution in [0.3, 0.4) is 0 Å². The highest BCUT2D eigenvalue weighted by Gasteiger charge is 2.49. The third-order valence-corrected chi connectivity index (χ3v) is 6.57. The Labute approximate surface area is 192 Å². The first-order chi connectivity index (χ1) is 16.0. The van der Waals surface area contributed by atoms with Gasteiger partial charge in [-0.1, -0.05) is 78.3 Å². The summed E-state index contributed by atoms with van der Waals surface area (Å²) in [6.45, 7) is 0. The lowest BCUT2D eigenvalue weighted by molar-refractivity contribution is 0.0822. The SMILES string of the molecule is O=C1C2=C(C(=O)c3ccccc31)C(c1ccccc1Cl)C1=C(O2)C(=O)c2ccccc2C1=O. The molecule has 33 heavy (non-hydrogen) atoms. The Balaban J connectivity index is 1.67. The highest BCUT2D eigenvalue weighted by Crippen LogP contribution is 2.49. The van der Waals surface area contributed by atoms with E-state index in [9.17, 15) is 19.2 Å². The molecule has 0 bridgehead atoms. The zero-order valence-corrected chi connectivity index (χ0v) is 17.7. The number of Topliss-reactive ketones (excluding diaryl/α,β-unsaturated/α-hetero) is 4. The molecule has 6 heteroatoms. The van der Waals surface area contributed by atoms with Gasteiger partial charge >= 0.3 is 0 Å². The highest BCUT2D eigenvalue weighted by molar-refractivity contribution is 6.34. The van der Waals surface area contributed by atoms with Gasteiger partial charge in [0.15, 0.2) is 23.1 Å². The molecule has 158 valence electrons. The molecule has 0 N–H and O–H groups in total. The van der Waals surface area contributed by atoms with Gasteiger partial charge in [-0.25, -0.2) is 0 Å². The van der Waals surface area contributed by atoms with E-state index in [0.29, 0.717) is 10.6 Å². The zero-order valence-electron chi connectivity index (χ0n) is 16.9. The molecule has 0 unspecified atom stereocenters. The molecule has 0 amide bonds. The lowest BCUT2D eigenvalue weighted by Gasteiger charge is -2.35. The van der Waals surface area contributed by atoms with Gasteiger partial charge in [-0.15, -0.1) is 0 Å². The van der Waals surface area contributed by atoms with Crippen molar-refractivity contribution in [2.75, 3.05) is 0 Å². The summed E-state index contributed by atoms with van der Waals surface area (Å²) in [6, 6.07) is 19.6. The van der Waals surface area contributed by atoms with Crippen molar-refractivity contribution in [2.24, 2.45) is 0 Å². The number of rotatable bonds is 1. The van der Waals surface area contributed by atoms with Crippen LogP contribution in [0, 0.1) is 0 Å². The number of fused-ring (bicyclic) bond motifs is 2. The Kier molecular flexibility index (Phi) is 4.13. The number of benzene rings is 3. The Bertz CT molecular complexity index is 1430. The third-order valence-electron chi connectivity index (χ3n) is 6.22. The summed E-state index contributed by atoms with van der Waals surface area (Å²) in [6.07, 6.45) is 0. The largest absolute Gasteiger partial charge is 0.448 e. The molecule has 1 heterocycles. The number of carbonyl (C=O) groups excluding carboxylic acids is 4. The first kappa shape index (κ1) is 19.6. The van der Waals surface area contributed by atoms with Gasteiger partial charge in [-0.05, 0) is 11.6 Å². The van der Waals surface area contributed by atoms with Crippen LogP contribution in [0.5, 0.6) is 0 Å². The average molecular weight is 453 g/mol. The van der Waals surface area contributed by atoms with Crippen molar-refractivity contribution in [1.82, 2.24) is 0 Å². The van der Waals surface area contributed by atoms with Crippen LogP contribution in [0.25, 0.3) is 0 Å². The molecule has 2 aliphatic carbocycles. The number of hydrogen-bond acceptors (Lipinski definition) is 5. The van der Waals surface area contributed by atoms with E-state index >= 15 is 0 Å². The van der Waals surface area contributed by atoms with Crippen molar-refractivity contribution < 1.29 is 23.9 Å². The molecular formula is C27H13ClO5. The normalized spacial score (nSPS) is 17.4. The van der Waals surface area contributed by atoms with E-state index in [1.54, 1.807) is 72.8 Å². The molecule has 1 aliphatic heterocycles. The van der Waals surface area contributed by atoms with E-state index in [2.05, 4.69) is 0 Å². The third kappa shape index (κ3) is 2.60. The lowest BCUT2D eigenvalue weighted by atomic mass is 9.70. The molecule has 3 aliphatic rings. The predicted octanol–water partition coefficient (Wildman–Crippen LogP) is 5.12. The molecule has 0 saturated heterocycles. The minimum atomic E-state index is -1.02. The summed E-state index contributed by atoms with van der Waals surface area (Å²) in [7, 11) is 0. The van der Waals surface area contributed by atoms with Crippen LogP contribution in [-0.2, 0) is 4.74 Å². The number of carbonyl (C=O) groups is 4. The fourth-order valence-corrected chi connectivity index (χ4v) is 4.98. The zero-order chi connectivity index (χ0) is 22.9. The van der Waals surface area contributed by atoms with Gasteiger partial charge in [0.2, 0.25) is 11.6 Å². The van der Waals surface area contributed by atoms with E-state index in [-0.39, 0.29) is 44.9 Å². The molecule has 0 saturated carbocycles. The van der Waals surface area contributed by atoms with Crippen LogP contribution in [0.4, 0.5) is 0 Å². The van der Waals surface area contributed by atoms with Gasteiger partial charge in [-0.2, -0.15) is 0 Å². The van der Waals surface area contributed by atoms with Gasteiger partial charge in [-0.3, -0.25) is 19.2 Å². The fraction of sp³-hybridized carbons (Fsp3) is 0.0370. The van der Waals surface area contributed by atoms with Gasteiger partial charge in [0, 0.05) is 27.3 Å². The Morgan fingerprint density at radius 3 is 1.39 bits per heavy atom. The number of ether oxygens (including phenoxy) is 1. The number of allylic oxidation sites excluding steroid dienone is 4. The molecule has 6 rings (SSSR count). The topological polar surface area (TPSA) is 77.5 Å². The summed E-state index contributed by atoms with van der Waals surface area (Å²) >= 11 is 6.51. The van der Waals surface area contributed by atoms with E-state index in [1.807, 2.05) is 0 Å². The van der Waals surface area contributed by atoms with Crippen molar-refractivity contribution in [1.29, 1.82) is 0 Å².